The number of rotatable bonds is 1. The number of amides is 1. The van der Waals surface area contributed by atoms with E-state index in [1.807, 2.05) is 44.0 Å². The highest BCUT2D eigenvalue weighted by Gasteiger charge is 2.43. The van der Waals surface area contributed by atoms with E-state index in [1.165, 1.54) is 5.56 Å². The molecule has 0 radical (unpaired) electrons. The van der Waals surface area contributed by atoms with Crippen molar-refractivity contribution in [2.75, 3.05) is 7.05 Å². The molecule has 0 N–H and O–H groups in total. The molecule has 1 aliphatic heterocycles. The standard InChI is InChI=1S/C13H17NO/c1-13(2)9-11(14(3)12(13)15)10-7-5-4-6-8-10/h4-8,11H,9H2,1-3H3/t11-/m1/s1. The summed E-state index contributed by atoms with van der Waals surface area (Å²) in [5.41, 5.74) is 1.02. The normalized spacial score (nSPS) is 24.6. The molecule has 1 aromatic carbocycles. The van der Waals surface area contributed by atoms with E-state index in [9.17, 15) is 4.79 Å². The molecule has 1 amide bonds. The predicted octanol–water partition coefficient (Wildman–Crippen LogP) is 2.62. The van der Waals surface area contributed by atoms with Gasteiger partial charge in [0.15, 0.2) is 0 Å². The second-order valence-corrected chi connectivity index (χ2v) is 4.93. The Morgan fingerprint density at radius 1 is 1.27 bits per heavy atom. The second kappa shape index (κ2) is 3.37. The van der Waals surface area contributed by atoms with E-state index in [4.69, 9.17) is 0 Å². The number of carbonyl (C=O) groups is 1. The van der Waals surface area contributed by atoms with Gasteiger partial charge in [-0.25, -0.2) is 0 Å². The van der Waals surface area contributed by atoms with Crippen LogP contribution < -0.4 is 0 Å². The highest BCUT2D eigenvalue weighted by atomic mass is 16.2. The molecule has 2 heteroatoms. The van der Waals surface area contributed by atoms with Crippen molar-refractivity contribution in [3.8, 4) is 0 Å². The largest absolute Gasteiger partial charge is 0.338 e. The van der Waals surface area contributed by atoms with Gasteiger partial charge in [0, 0.05) is 12.5 Å². The summed E-state index contributed by atoms with van der Waals surface area (Å²) in [7, 11) is 1.90. The fourth-order valence-corrected chi connectivity index (χ4v) is 2.34. The van der Waals surface area contributed by atoms with Crippen molar-refractivity contribution in [3.63, 3.8) is 0 Å². The van der Waals surface area contributed by atoms with Crippen LogP contribution in [0.25, 0.3) is 0 Å². The molecule has 1 heterocycles. The van der Waals surface area contributed by atoms with Crippen LogP contribution in [0.15, 0.2) is 30.3 Å². The summed E-state index contributed by atoms with van der Waals surface area (Å²) >= 11 is 0. The molecular weight excluding hydrogens is 186 g/mol. The molecule has 0 unspecified atom stereocenters. The molecule has 1 aromatic rings. The zero-order valence-electron chi connectivity index (χ0n) is 9.53. The summed E-state index contributed by atoms with van der Waals surface area (Å²) in [6.07, 6.45) is 0.909. The summed E-state index contributed by atoms with van der Waals surface area (Å²) in [4.78, 5) is 13.8. The van der Waals surface area contributed by atoms with Crippen LogP contribution in [0, 0.1) is 5.41 Å². The van der Waals surface area contributed by atoms with E-state index in [0.29, 0.717) is 0 Å². The maximum Gasteiger partial charge on any atom is 0.228 e. The molecular formula is C13H17NO. The molecule has 0 bridgehead atoms. The van der Waals surface area contributed by atoms with Crippen LogP contribution >= 0.6 is 0 Å². The Kier molecular flexibility index (Phi) is 2.29. The van der Waals surface area contributed by atoms with Crippen LogP contribution in [0.3, 0.4) is 0 Å². The van der Waals surface area contributed by atoms with Gasteiger partial charge in [-0.3, -0.25) is 4.79 Å². The zero-order valence-corrected chi connectivity index (χ0v) is 9.53. The molecule has 2 rings (SSSR count). The van der Waals surface area contributed by atoms with E-state index in [1.54, 1.807) is 0 Å². The number of hydrogen-bond acceptors (Lipinski definition) is 1. The van der Waals surface area contributed by atoms with Gasteiger partial charge < -0.3 is 4.90 Å². The summed E-state index contributed by atoms with van der Waals surface area (Å²) < 4.78 is 0. The van der Waals surface area contributed by atoms with Crippen molar-refractivity contribution in [1.82, 2.24) is 4.90 Å². The topological polar surface area (TPSA) is 20.3 Å². The van der Waals surface area contributed by atoms with Gasteiger partial charge in [0.1, 0.15) is 0 Å². The average Bonchev–Trinajstić information content (AvgIpc) is 2.44. The average molecular weight is 203 g/mol. The maximum atomic E-state index is 11.9. The monoisotopic (exact) mass is 203 g/mol. The van der Waals surface area contributed by atoms with Crippen molar-refractivity contribution >= 4 is 5.91 Å². The maximum absolute atomic E-state index is 11.9. The minimum atomic E-state index is -0.213. The van der Waals surface area contributed by atoms with E-state index >= 15 is 0 Å². The Bertz CT molecular complexity index is 369. The first kappa shape index (κ1) is 10.2. The molecule has 1 fully saturated rings. The van der Waals surface area contributed by atoms with E-state index in [-0.39, 0.29) is 17.4 Å². The van der Waals surface area contributed by atoms with Crippen LogP contribution in [0.1, 0.15) is 31.9 Å². The second-order valence-electron chi connectivity index (χ2n) is 4.93. The van der Waals surface area contributed by atoms with Crippen LogP contribution in [-0.4, -0.2) is 17.9 Å². The smallest absolute Gasteiger partial charge is 0.228 e. The third-order valence-electron chi connectivity index (χ3n) is 3.25. The molecule has 0 aliphatic carbocycles. The number of nitrogens with zero attached hydrogens (tertiary/aromatic N) is 1. The Morgan fingerprint density at radius 3 is 2.33 bits per heavy atom. The number of hydrogen-bond donors (Lipinski definition) is 0. The molecule has 1 saturated heterocycles. The Hall–Kier alpha value is -1.31. The van der Waals surface area contributed by atoms with Crippen molar-refractivity contribution in [3.05, 3.63) is 35.9 Å². The molecule has 1 aliphatic rings. The van der Waals surface area contributed by atoms with Crippen molar-refractivity contribution in [2.45, 2.75) is 26.3 Å². The summed E-state index contributed by atoms with van der Waals surface area (Å²) in [6, 6.07) is 10.5. The molecule has 80 valence electrons. The molecule has 15 heavy (non-hydrogen) atoms. The van der Waals surface area contributed by atoms with Crippen LogP contribution in [-0.2, 0) is 4.79 Å². The lowest BCUT2D eigenvalue weighted by Crippen LogP contribution is -2.28. The van der Waals surface area contributed by atoms with Gasteiger partial charge in [0.05, 0.1) is 6.04 Å². The quantitative estimate of drug-likeness (QED) is 0.687. The molecule has 0 saturated carbocycles. The number of likely N-dealkylation sites (tertiary alicyclic amines) is 1. The zero-order chi connectivity index (χ0) is 11.1. The minimum absolute atomic E-state index is 0.213. The fraction of sp³-hybridized carbons (Fsp3) is 0.462. The highest BCUT2D eigenvalue weighted by molar-refractivity contribution is 5.84. The minimum Gasteiger partial charge on any atom is -0.338 e. The van der Waals surface area contributed by atoms with Gasteiger partial charge in [-0.05, 0) is 12.0 Å². The third-order valence-corrected chi connectivity index (χ3v) is 3.25. The molecule has 2 nitrogen and oxygen atoms in total. The Labute approximate surface area is 90.9 Å². The van der Waals surface area contributed by atoms with E-state index in [2.05, 4.69) is 12.1 Å². The van der Waals surface area contributed by atoms with Crippen molar-refractivity contribution < 1.29 is 4.79 Å². The van der Waals surface area contributed by atoms with Gasteiger partial charge in [-0.1, -0.05) is 44.2 Å². The van der Waals surface area contributed by atoms with E-state index in [0.717, 1.165) is 6.42 Å². The van der Waals surface area contributed by atoms with Gasteiger partial charge in [0.25, 0.3) is 0 Å². The number of carbonyl (C=O) groups excluding carboxylic acids is 1. The van der Waals surface area contributed by atoms with Crippen molar-refractivity contribution in [1.29, 1.82) is 0 Å². The van der Waals surface area contributed by atoms with E-state index < -0.39 is 0 Å². The lowest BCUT2D eigenvalue weighted by Gasteiger charge is -2.19. The molecule has 1 atom stereocenters. The first-order valence-corrected chi connectivity index (χ1v) is 5.34. The van der Waals surface area contributed by atoms with Gasteiger partial charge >= 0.3 is 0 Å². The van der Waals surface area contributed by atoms with Gasteiger partial charge in [-0.15, -0.1) is 0 Å². The summed E-state index contributed by atoms with van der Waals surface area (Å²) in [5.74, 6) is 0.247. The lowest BCUT2D eigenvalue weighted by molar-refractivity contribution is -0.134. The first-order valence-electron chi connectivity index (χ1n) is 5.34. The van der Waals surface area contributed by atoms with Crippen LogP contribution in [0.4, 0.5) is 0 Å². The Balaban J connectivity index is 2.31. The molecule has 0 aromatic heterocycles. The SMILES string of the molecule is CN1C(=O)C(C)(C)C[C@@H]1c1ccccc1. The molecule has 0 spiro atoms. The fourth-order valence-electron chi connectivity index (χ4n) is 2.34. The number of benzene rings is 1. The van der Waals surface area contributed by atoms with Crippen molar-refractivity contribution in [2.24, 2.45) is 5.41 Å². The summed E-state index contributed by atoms with van der Waals surface area (Å²) in [5, 5.41) is 0. The van der Waals surface area contributed by atoms with Crippen LogP contribution in [0.5, 0.6) is 0 Å². The highest BCUT2D eigenvalue weighted by Crippen LogP contribution is 2.42. The van der Waals surface area contributed by atoms with Gasteiger partial charge in [-0.2, -0.15) is 0 Å². The first-order chi connectivity index (χ1) is 7.02. The Morgan fingerprint density at radius 2 is 1.87 bits per heavy atom. The van der Waals surface area contributed by atoms with Crippen LogP contribution in [0.2, 0.25) is 0 Å². The summed E-state index contributed by atoms with van der Waals surface area (Å²) in [6.45, 7) is 4.05. The third kappa shape index (κ3) is 1.65. The van der Waals surface area contributed by atoms with Gasteiger partial charge in [0.2, 0.25) is 5.91 Å². The predicted molar refractivity (Wildman–Crippen MR) is 60.4 cm³/mol. The lowest BCUT2D eigenvalue weighted by atomic mass is 9.88.